The number of hydrazone groups is 1. The summed E-state index contributed by atoms with van der Waals surface area (Å²) in [5.41, 5.74) is 11.4. The van der Waals surface area contributed by atoms with Gasteiger partial charge in [0.25, 0.3) is 0 Å². The van der Waals surface area contributed by atoms with Gasteiger partial charge in [-0.15, -0.1) is 0 Å². The second-order valence-electron chi connectivity index (χ2n) is 11.3. The van der Waals surface area contributed by atoms with Gasteiger partial charge in [0.1, 0.15) is 0 Å². The molecule has 0 aromatic heterocycles. The molecule has 48 heavy (non-hydrogen) atoms. The van der Waals surface area contributed by atoms with E-state index in [9.17, 15) is 0 Å². The molecule has 0 amide bonds. The second-order valence-corrected chi connectivity index (χ2v) is 12.2. The normalized spacial score (nSPS) is 11.0. The van der Waals surface area contributed by atoms with Crippen LogP contribution in [-0.4, -0.2) is 6.21 Å². The van der Waals surface area contributed by atoms with Crippen LogP contribution in [0, 0.1) is 0 Å². The lowest BCUT2D eigenvalue weighted by atomic mass is 9.93. The van der Waals surface area contributed by atoms with Crippen LogP contribution in [0.4, 0.5) is 22.7 Å². The number of hydrogen-bond donors (Lipinski definition) is 1. The van der Waals surface area contributed by atoms with Crippen molar-refractivity contribution in [3.8, 4) is 33.4 Å². The van der Waals surface area contributed by atoms with Crippen molar-refractivity contribution < 1.29 is 0 Å². The summed E-state index contributed by atoms with van der Waals surface area (Å²) in [6, 6.07) is 59.4. The molecule has 0 aliphatic heterocycles. The summed E-state index contributed by atoms with van der Waals surface area (Å²) in [7, 11) is 0. The number of anilines is 4. The van der Waals surface area contributed by atoms with Gasteiger partial charge in [-0.1, -0.05) is 132 Å². The Hall–Kier alpha value is -5.61. The minimum absolute atomic E-state index is 0.677. The van der Waals surface area contributed by atoms with Gasteiger partial charge in [0.2, 0.25) is 0 Å². The van der Waals surface area contributed by atoms with Crippen LogP contribution in [0.3, 0.4) is 0 Å². The molecule has 0 unspecified atom stereocenters. The predicted octanol–water partition coefficient (Wildman–Crippen LogP) is 12.9. The SMILES string of the molecule is Clc1ccc(Nc2ccc(C=NN(c3ccccc3)c3ccccc3)cc2)c(-c2ccc(-c3ccc(Cl)cc3-c3ccccc3)cc2)c1. The van der Waals surface area contributed by atoms with Gasteiger partial charge >= 0.3 is 0 Å². The third-order valence-corrected chi connectivity index (χ3v) is 8.54. The molecule has 3 nitrogen and oxygen atoms in total. The number of para-hydroxylation sites is 2. The fraction of sp³-hybridized carbons (Fsp3) is 0. The lowest BCUT2D eigenvalue weighted by molar-refractivity contribution is 1.09. The van der Waals surface area contributed by atoms with Gasteiger partial charge < -0.3 is 5.32 Å². The topological polar surface area (TPSA) is 27.6 Å². The summed E-state index contributed by atoms with van der Waals surface area (Å²) in [6.45, 7) is 0. The number of benzene rings is 7. The van der Waals surface area contributed by atoms with E-state index in [-0.39, 0.29) is 0 Å². The highest BCUT2D eigenvalue weighted by Crippen LogP contribution is 2.37. The number of nitrogens with one attached hydrogen (secondary N) is 1. The first-order chi connectivity index (χ1) is 23.6. The van der Waals surface area contributed by atoms with Gasteiger partial charge in [-0.25, -0.2) is 5.01 Å². The first kappa shape index (κ1) is 31.0. The Morgan fingerprint density at radius 2 is 0.958 bits per heavy atom. The zero-order valence-corrected chi connectivity index (χ0v) is 27.5. The monoisotopic (exact) mass is 659 g/mol. The molecule has 0 saturated carbocycles. The van der Waals surface area contributed by atoms with Crippen LogP contribution in [0.15, 0.2) is 181 Å². The van der Waals surface area contributed by atoms with Gasteiger partial charge in [0, 0.05) is 27.0 Å². The largest absolute Gasteiger partial charge is 0.355 e. The van der Waals surface area contributed by atoms with Crippen LogP contribution < -0.4 is 10.3 Å². The van der Waals surface area contributed by atoms with Crippen LogP contribution >= 0.6 is 23.2 Å². The van der Waals surface area contributed by atoms with Gasteiger partial charge in [-0.05, 0) is 100 Å². The fourth-order valence-corrected chi connectivity index (χ4v) is 6.02. The highest BCUT2D eigenvalue weighted by atomic mass is 35.5. The lowest BCUT2D eigenvalue weighted by Gasteiger charge is -2.19. The maximum Gasteiger partial charge on any atom is 0.0652 e. The molecule has 0 bridgehead atoms. The summed E-state index contributed by atoms with van der Waals surface area (Å²) in [4.78, 5) is 0. The molecule has 1 N–H and O–H groups in total. The highest BCUT2D eigenvalue weighted by molar-refractivity contribution is 6.31. The Kier molecular flexibility index (Phi) is 9.33. The summed E-state index contributed by atoms with van der Waals surface area (Å²) < 4.78 is 0. The van der Waals surface area contributed by atoms with E-state index in [1.807, 2.05) is 120 Å². The van der Waals surface area contributed by atoms with E-state index in [2.05, 4.69) is 72.0 Å². The van der Waals surface area contributed by atoms with Gasteiger partial charge in [-0.2, -0.15) is 5.10 Å². The van der Waals surface area contributed by atoms with E-state index in [0.29, 0.717) is 10.0 Å². The molecule has 7 aromatic carbocycles. The molecular weight excluding hydrogens is 629 g/mol. The zero-order chi connectivity index (χ0) is 32.7. The smallest absolute Gasteiger partial charge is 0.0652 e. The van der Waals surface area contributed by atoms with E-state index in [0.717, 1.165) is 61.7 Å². The van der Waals surface area contributed by atoms with E-state index in [4.69, 9.17) is 28.3 Å². The Morgan fingerprint density at radius 3 is 1.56 bits per heavy atom. The first-order valence-corrected chi connectivity index (χ1v) is 16.4. The molecular formula is C43H31Cl2N3. The fourth-order valence-electron chi connectivity index (χ4n) is 5.67. The number of nitrogens with zero attached hydrogens (tertiary/aromatic N) is 2. The van der Waals surface area contributed by atoms with Crippen molar-refractivity contribution >= 4 is 52.2 Å². The van der Waals surface area contributed by atoms with Crippen molar-refractivity contribution in [3.63, 3.8) is 0 Å². The molecule has 0 atom stereocenters. The van der Waals surface area contributed by atoms with Crippen molar-refractivity contribution in [1.29, 1.82) is 0 Å². The minimum Gasteiger partial charge on any atom is -0.355 e. The second kappa shape index (κ2) is 14.4. The van der Waals surface area contributed by atoms with Crippen LogP contribution in [0.2, 0.25) is 10.0 Å². The molecule has 0 saturated heterocycles. The van der Waals surface area contributed by atoms with Crippen molar-refractivity contribution in [2.45, 2.75) is 0 Å². The van der Waals surface area contributed by atoms with Crippen molar-refractivity contribution in [1.82, 2.24) is 0 Å². The lowest BCUT2D eigenvalue weighted by Crippen LogP contribution is -2.09. The Morgan fingerprint density at radius 1 is 0.458 bits per heavy atom. The molecule has 7 rings (SSSR count). The molecule has 0 heterocycles. The maximum absolute atomic E-state index is 6.51. The standard InChI is InChI=1S/C43H31Cl2N3/c44-35-22-26-40(41(28-35)32-10-4-1-5-11-32)33-18-20-34(21-19-33)42-29-36(45)23-27-43(42)47-37-24-16-31(17-25-37)30-46-48(38-12-6-2-7-13-38)39-14-8-3-9-15-39/h1-30,47H. The minimum atomic E-state index is 0.677. The highest BCUT2D eigenvalue weighted by Gasteiger charge is 2.12. The molecule has 0 spiro atoms. The first-order valence-electron chi connectivity index (χ1n) is 15.7. The Balaban J connectivity index is 1.12. The number of rotatable bonds is 9. The van der Waals surface area contributed by atoms with E-state index < -0.39 is 0 Å². The predicted molar refractivity (Wildman–Crippen MR) is 205 cm³/mol. The number of halogens is 2. The molecule has 0 fully saturated rings. The third kappa shape index (κ3) is 7.19. The number of hydrogen-bond acceptors (Lipinski definition) is 3. The summed E-state index contributed by atoms with van der Waals surface area (Å²) in [5, 5.41) is 11.8. The van der Waals surface area contributed by atoms with Crippen LogP contribution in [-0.2, 0) is 0 Å². The Bertz CT molecular complexity index is 2110. The molecule has 0 radical (unpaired) electrons. The van der Waals surface area contributed by atoms with Crippen LogP contribution in [0.1, 0.15) is 5.56 Å². The van der Waals surface area contributed by atoms with E-state index >= 15 is 0 Å². The van der Waals surface area contributed by atoms with Gasteiger partial charge in [-0.3, -0.25) is 0 Å². The van der Waals surface area contributed by atoms with Crippen LogP contribution in [0.25, 0.3) is 33.4 Å². The summed E-state index contributed by atoms with van der Waals surface area (Å²) in [6.07, 6.45) is 1.88. The molecule has 0 aliphatic rings. The molecule has 5 heteroatoms. The van der Waals surface area contributed by atoms with E-state index in [1.165, 1.54) is 0 Å². The quantitative estimate of drug-likeness (QED) is 0.123. The van der Waals surface area contributed by atoms with Crippen molar-refractivity contribution in [2.75, 3.05) is 10.3 Å². The van der Waals surface area contributed by atoms with Crippen molar-refractivity contribution in [2.24, 2.45) is 5.10 Å². The molecule has 0 aliphatic carbocycles. The van der Waals surface area contributed by atoms with E-state index in [1.54, 1.807) is 0 Å². The van der Waals surface area contributed by atoms with Gasteiger partial charge in [0.05, 0.1) is 17.6 Å². The summed E-state index contributed by atoms with van der Waals surface area (Å²) in [5.74, 6) is 0. The zero-order valence-electron chi connectivity index (χ0n) is 26.0. The van der Waals surface area contributed by atoms with Gasteiger partial charge in [0.15, 0.2) is 0 Å². The van der Waals surface area contributed by atoms with Crippen molar-refractivity contribution in [3.05, 3.63) is 192 Å². The maximum atomic E-state index is 6.51. The molecule has 232 valence electrons. The van der Waals surface area contributed by atoms with Crippen LogP contribution in [0.5, 0.6) is 0 Å². The molecule has 7 aromatic rings. The average Bonchev–Trinajstić information content (AvgIpc) is 3.14. The summed E-state index contributed by atoms with van der Waals surface area (Å²) >= 11 is 12.9. The average molecular weight is 661 g/mol. The third-order valence-electron chi connectivity index (χ3n) is 8.07. The Labute approximate surface area is 291 Å².